The van der Waals surface area contributed by atoms with E-state index in [0.29, 0.717) is 11.8 Å². The molecule has 2 rings (SSSR count). The number of nitrogens with one attached hydrogen (secondary N) is 2. The molecule has 0 bridgehead atoms. The highest BCUT2D eigenvalue weighted by Crippen LogP contribution is 2.33. The summed E-state index contributed by atoms with van der Waals surface area (Å²) >= 11 is 0. The Morgan fingerprint density at radius 3 is 2.30 bits per heavy atom. The number of benzene rings is 2. The number of carbonyl (C=O) groups is 2. The topological polar surface area (TPSA) is 177 Å². The molecular formula is C17H14FN5O7. The van der Waals surface area contributed by atoms with Gasteiger partial charge < -0.3 is 10.4 Å². The van der Waals surface area contributed by atoms with Crippen molar-refractivity contribution in [1.82, 2.24) is 5.43 Å². The first-order valence-electron chi connectivity index (χ1n) is 8.20. The zero-order chi connectivity index (χ0) is 22.3. The van der Waals surface area contributed by atoms with Crippen molar-refractivity contribution >= 4 is 35.1 Å². The number of rotatable bonds is 8. The molecule has 0 aliphatic carbocycles. The average molecular weight is 419 g/mol. The molecule has 0 atom stereocenters. The lowest BCUT2D eigenvalue weighted by Crippen LogP contribution is -2.20. The van der Waals surface area contributed by atoms with Crippen LogP contribution in [0.4, 0.5) is 21.5 Å². The largest absolute Gasteiger partial charge is 0.502 e. The molecule has 3 N–H and O–H groups in total. The van der Waals surface area contributed by atoms with Crippen LogP contribution in [-0.4, -0.2) is 33.0 Å². The number of nitrogens with zero attached hydrogens (tertiary/aromatic N) is 3. The smallest absolute Gasteiger partial charge is 0.318 e. The summed E-state index contributed by atoms with van der Waals surface area (Å²) in [6.45, 7) is 0. The van der Waals surface area contributed by atoms with E-state index in [4.69, 9.17) is 0 Å². The molecule has 0 fully saturated rings. The van der Waals surface area contributed by atoms with Crippen molar-refractivity contribution in [3.05, 3.63) is 68.0 Å². The van der Waals surface area contributed by atoms with Crippen molar-refractivity contribution in [2.45, 2.75) is 12.8 Å². The molecule has 0 radical (unpaired) electrons. The molecule has 2 aromatic rings. The first-order valence-corrected chi connectivity index (χ1v) is 8.20. The first kappa shape index (κ1) is 21.9. The van der Waals surface area contributed by atoms with Crippen molar-refractivity contribution in [2.24, 2.45) is 5.10 Å². The molecule has 0 unspecified atom stereocenters. The van der Waals surface area contributed by atoms with Gasteiger partial charge in [0.05, 0.1) is 27.7 Å². The molecule has 2 amide bonds. The molecular weight excluding hydrogens is 405 g/mol. The maximum Gasteiger partial charge on any atom is 0.318 e. The van der Waals surface area contributed by atoms with Gasteiger partial charge in [0, 0.05) is 24.6 Å². The molecule has 0 saturated carbocycles. The molecule has 30 heavy (non-hydrogen) atoms. The Balaban J connectivity index is 1.94. The Labute approximate surface area is 167 Å². The van der Waals surface area contributed by atoms with Gasteiger partial charge in [-0.3, -0.25) is 29.8 Å². The van der Waals surface area contributed by atoms with Gasteiger partial charge in [0.1, 0.15) is 5.82 Å². The fourth-order valence-corrected chi connectivity index (χ4v) is 2.18. The van der Waals surface area contributed by atoms with Crippen molar-refractivity contribution in [3.63, 3.8) is 0 Å². The molecule has 156 valence electrons. The van der Waals surface area contributed by atoms with Crippen LogP contribution >= 0.6 is 0 Å². The van der Waals surface area contributed by atoms with Crippen molar-refractivity contribution in [2.75, 3.05) is 5.32 Å². The van der Waals surface area contributed by atoms with Crippen molar-refractivity contribution < 1.29 is 28.9 Å². The minimum absolute atomic E-state index is 0.216. The maximum absolute atomic E-state index is 12.8. The highest BCUT2D eigenvalue weighted by Gasteiger charge is 2.23. The van der Waals surface area contributed by atoms with E-state index in [0.717, 1.165) is 24.4 Å². The second-order valence-electron chi connectivity index (χ2n) is 5.77. The van der Waals surface area contributed by atoms with Gasteiger partial charge in [0.2, 0.25) is 17.6 Å². The van der Waals surface area contributed by atoms with E-state index in [9.17, 15) is 39.3 Å². The Morgan fingerprint density at radius 1 is 1.07 bits per heavy atom. The highest BCUT2D eigenvalue weighted by atomic mass is 19.1. The molecule has 12 nitrogen and oxygen atoms in total. The average Bonchev–Trinajstić information content (AvgIpc) is 2.69. The number of halogens is 1. The number of nitro groups is 2. The normalized spacial score (nSPS) is 10.6. The molecule has 0 spiro atoms. The number of anilines is 1. The predicted molar refractivity (Wildman–Crippen MR) is 101 cm³/mol. The quantitative estimate of drug-likeness (QED) is 0.333. The third-order valence-electron chi connectivity index (χ3n) is 3.61. The number of amides is 2. The summed E-state index contributed by atoms with van der Waals surface area (Å²) in [5, 5.41) is 37.5. The van der Waals surface area contributed by atoms with Gasteiger partial charge in [0.15, 0.2) is 0 Å². The second-order valence-corrected chi connectivity index (χ2v) is 5.77. The maximum atomic E-state index is 12.8. The summed E-state index contributed by atoms with van der Waals surface area (Å²) in [7, 11) is 0. The van der Waals surface area contributed by atoms with Gasteiger partial charge in [-0.25, -0.2) is 9.82 Å². The highest BCUT2D eigenvalue weighted by molar-refractivity contribution is 5.93. The van der Waals surface area contributed by atoms with E-state index in [1.54, 1.807) is 0 Å². The Kier molecular flexibility index (Phi) is 7.06. The summed E-state index contributed by atoms with van der Waals surface area (Å²) in [6.07, 6.45) is 0.309. The first-order chi connectivity index (χ1) is 14.2. The van der Waals surface area contributed by atoms with Crippen LogP contribution in [0.25, 0.3) is 0 Å². The minimum Gasteiger partial charge on any atom is -0.502 e. The second kappa shape index (κ2) is 9.68. The van der Waals surface area contributed by atoms with Crippen LogP contribution in [0.1, 0.15) is 18.4 Å². The Hall–Kier alpha value is -4.42. The van der Waals surface area contributed by atoms with Crippen LogP contribution in [0.5, 0.6) is 5.75 Å². The Morgan fingerprint density at radius 2 is 1.70 bits per heavy atom. The van der Waals surface area contributed by atoms with Crippen LogP contribution in [-0.2, 0) is 9.59 Å². The van der Waals surface area contributed by atoms with Gasteiger partial charge >= 0.3 is 5.69 Å². The van der Waals surface area contributed by atoms with Gasteiger partial charge in [-0.2, -0.15) is 5.10 Å². The van der Waals surface area contributed by atoms with Crippen LogP contribution in [0.15, 0.2) is 41.5 Å². The molecule has 0 heterocycles. The number of non-ortho nitro benzene ring substituents is 1. The van der Waals surface area contributed by atoms with Crippen molar-refractivity contribution in [3.8, 4) is 5.75 Å². The summed E-state index contributed by atoms with van der Waals surface area (Å²) in [6, 6.07) is 6.44. The number of carbonyl (C=O) groups excluding carboxylic acids is 2. The van der Waals surface area contributed by atoms with E-state index >= 15 is 0 Å². The molecule has 0 aliphatic heterocycles. The van der Waals surface area contributed by atoms with Gasteiger partial charge in [-0.05, 0) is 24.3 Å². The van der Waals surface area contributed by atoms with E-state index in [1.807, 2.05) is 5.43 Å². The van der Waals surface area contributed by atoms with Crippen LogP contribution in [0, 0.1) is 26.0 Å². The molecule has 0 aromatic heterocycles. The molecule has 0 saturated heterocycles. The number of hydrogen-bond donors (Lipinski definition) is 3. The molecule has 13 heteroatoms. The fourth-order valence-electron chi connectivity index (χ4n) is 2.18. The summed E-state index contributed by atoms with van der Waals surface area (Å²) in [5.74, 6) is -2.53. The van der Waals surface area contributed by atoms with Crippen molar-refractivity contribution in [1.29, 1.82) is 0 Å². The summed E-state index contributed by atoms with van der Waals surface area (Å²) in [5.41, 5.74) is 0.483. The SMILES string of the molecule is O=C(CCC(=O)Nc1ccc(F)cc1)N/N=C\c1cc([N+](=O)[O-])cc([N+](=O)[O-])c1O. The molecule has 0 aliphatic rings. The van der Waals surface area contributed by atoms with Crippen LogP contribution in [0.3, 0.4) is 0 Å². The van der Waals surface area contributed by atoms with E-state index in [1.165, 1.54) is 12.1 Å². The number of hydrogen-bond acceptors (Lipinski definition) is 8. The number of phenols is 1. The van der Waals surface area contributed by atoms with Crippen LogP contribution in [0.2, 0.25) is 0 Å². The zero-order valence-corrected chi connectivity index (χ0v) is 15.1. The van der Waals surface area contributed by atoms with E-state index in [2.05, 4.69) is 10.4 Å². The Bertz CT molecular complexity index is 1020. The van der Waals surface area contributed by atoms with E-state index < -0.39 is 44.6 Å². The lowest BCUT2D eigenvalue weighted by atomic mass is 10.1. The third-order valence-corrected chi connectivity index (χ3v) is 3.61. The zero-order valence-electron chi connectivity index (χ0n) is 15.1. The molecule has 2 aromatic carbocycles. The summed E-state index contributed by atoms with van der Waals surface area (Å²) < 4.78 is 12.8. The van der Waals surface area contributed by atoms with Crippen LogP contribution < -0.4 is 10.7 Å². The number of aromatic hydroxyl groups is 1. The predicted octanol–water partition coefficient (Wildman–Crippen LogP) is 2.22. The number of nitro benzene ring substituents is 2. The van der Waals surface area contributed by atoms with Gasteiger partial charge in [0.25, 0.3) is 5.69 Å². The van der Waals surface area contributed by atoms with E-state index in [-0.39, 0.29) is 18.4 Å². The number of phenolic OH excluding ortho intramolecular Hbond substituents is 1. The number of hydrazone groups is 1. The fraction of sp³-hybridized carbons (Fsp3) is 0.118. The monoisotopic (exact) mass is 419 g/mol. The standard InChI is InChI=1S/C17H14FN5O7/c18-11-1-3-12(4-2-11)20-15(24)5-6-16(25)21-19-9-10-7-13(22(27)28)8-14(17(10)26)23(29)30/h1-4,7-9,26H,5-6H2,(H,20,24)(H,21,25)/b19-9-. The summed E-state index contributed by atoms with van der Waals surface area (Å²) in [4.78, 5) is 43.3. The third kappa shape index (κ3) is 6.05. The lowest BCUT2D eigenvalue weighted by molar-refractivity contribution is -0.394. The minimum atomic E-state index is -1.00. The lowest BCUT2D eigenvalue weighted by Gasteiger charge is -2.04. The van der Waals surface area contributed by atoms with Gasteiger partial charge in [-0.1, -0.05) is 0 Å². The van der Waals surface area contributed by atoms with Gasteiger partial charge in [-0.15, -0.1) is 0 Å².